The highest BCUT2D eigenvalue weighted by Gasteiger charge is 2.39. The van der Waals surface area contributed by atoms with Crippen LogP contribution in [0.1, 0.15) is 30.9 Å². The van der Waals surface area contributed by atoms with Crippen molar-refractivity contribution in [3.8, 4) is 0 Å². The first-order chi connectivity index (χ1) is 9.13. The third-order valence-electron chi connectivity index (χ3n) is 4.64. The van der Waals surface area contributed by atoms with Gasteiger partial charge in [0.15, 0.2) is 6.10 Å². The zero-order chi connectivity index (χ0) is 13.1. The van der Waals surface area contributed by atoms with Crippen molar-refractivity contribution < 1.29 is 9.90 Å². The molecule has 2 N–H and O–H groups in total. The normalized spacial score (nSPS) is 31.8. The van der Waals surface area contributed by atoms with E-state index >= 15 is 0 Å². The van der Waals surface area contributed by atoms with Crippen LogP contribution in [-0.4, -0.2) is 23.6 Å². The van der Waals surface area contributed by atoms with Gasteiger partial charge >= 0.3 is 0 Å². The summed E-state index contributed by atoms with van der Waals surface area (Å²) >= 11 is 6.35. The fraction of sp³-hybridized carbons (Fsp3) is 0.500. The van der Waals surface area contributed by atoms with E-state index in [0.717, 1.165) is 18.2 Å². The van der Waals surface area contributed by atoms with Crippen molar-refractivity contribution in [3.63, 3.8) is 0 Å². The Morgan fingerprint density at radius 3 is 2.89 bits per heavy atom. The lowest BCUT2D eigenvalue weighted by Gasteiger charge is -2.30. The lowest BCUT2D eigenvalue weighted by Crippen LogP contribution is -2.32. The van der Waals surface area contributed by atoms with E-state index < -0.39 is 6.10 Å². The summed E-state index contributed by atoms with van der Waals surface area (Å²) in [5.74, 6) is 0.417. The Labute approximate surface area is 116 Å². The number of aliphatic hydroxyl groups is 1. The first-order valence-electron chi connectivity index (χ1n) is 6.72. The molecule has 5 heteroatoms. The van der Waals surface area contributed by atoms with Crippen molar-refractivity contribution in [2.24, 2.45) is 5.92 Å². The molecule has 1 amide bonds. The number of nitrogens with one attached hydrogen (secondary N) is 1. The molecule has 1 saturated heterocycles. The summed E-state index contributed by atoms with van der Waals surface area (Å²) in [5.41, 5.74) is 2.27. The van der Waals surface area contributed by atoms with E-state index in [9.17, 15) is 9.90 Å². The number of hydrogen-bond donors (Lipinski definition) is 2. The van der Waals surface area contributed by atoms with Crippen LogP contribution in [0.4, 0.5) is 11.4 Å². The minimum atomic E-state index is -1.09. The largest absolute Gasteiger partial charge is 0.378 e. The van der Waals surface area contributed by atoms with Crippen LogP contribution in [0, 0.1) is 5.92 Å². The van der Waals surface area contributed by atoms with Crippen molar-refractivity contribution in [2.45, 2.75) is 31.4 Å². The van der Waals surface area contributed by atoms with Gasteiger partial charge in [-0.25, -0.2) is 0 Å². The SMILES string of the molecule is O=C1Nc2cc(N3CC4CCC3C4)c(Cl)cc2C1O. The second-order valence-electron chi connectivity index (χ2n) is 5.77. The van der Waals surface area contributed by atoms with Gasteiger partial charge < -0.3 is 15.3 Å². The Bertz CT molecular complexity index is 575. The quantitative estimate of drug-likeness (QED) is 0.829. The van der Waals surface area contributed by atoms with Crippen LogP contribution in [0.3, 0.4) is 0 Å². The standard InChI is InChI=1S/C14H15ClN2O2/c15-10-4-9-11(16-14(19)13(9)18)5-12(10)17-6-7-1-2-8(17)3-7/h4-5,7-8,13,18H,1-3,6H2,(H,16,19). The molecule has 2 fully saturated rings. The topological polar surface area (TPSA) is 52.6 Å². The van der Waals surface area contributed by atoms with Crippen LogP contribution in [0.15, 0.2) is 12.1 Å². The smallest absolute Gasteiger partial charge is 0.257 e. The molecular weight excluding hydrogens is 264 g/mol. The van der Waals surface area contributed by atoms with E-state index in [4.69, 9.17) is 11.6 Å². The average molecular weight is 279 g/mol. The predicted octanol–water partition coefficient (Wildman–Crippen LogP) is 2.31. The highest BCUT2D eigenvalue weighted by atomic mass is 35.5. The van der Waals surface area contributed by atoms with Gasteiger partial charge in [0.25, 0.3) is 5.91 Å². The summed E-state index contributed by atoms with van der Waals surface area (Å²) in [4.78, 5) is 13.8. The molecule has 3 aliphatic rings. The number of carbonyl (C=O) groups excluding carboxylic acids is 1. The van der Waals surface area contributed by atoms with Crippen LogP contribution in [0.25, 0.3) is 0 Å². The molecule has 3 atom stereocenters. The minimum Gasteiger partial charge on any atom is -0.378 e. The van der Waals surface area contributed by atoms with Gasteiger partial charge in [-0.15, -0.1) is 0 Å². The van der Waals surface area contributed by atoms with Gasteiger partial charge in [0.2, 0.25) is 0 Å². The summed E-state index contributed by atoms with van der Waals surface area (Å²) in [5, 5.41) is 13.1. The Morgan fingerprint density at radius 2 is 2.21 bits per heavy atom. The molecule has 19 heavy (non-hydrogen) atoms. The molecule has 4 rings (SSSR count). The number of hydrogen-bond acceptors (Lipinski definition) is 3. The molecule has 2 heterocycles. The van der Waals surface area contributed by atoms with E-state index in [2.05, 4.69) is 10.2 Å². The number of aliphatic hydroxyl groups excluding tert-OH is 1. The molecule has 2 bridgehead atoms. The molecule has 0 spiro atoms. The third-order valence-corrected chi connectivity index (χ3v) is 4.94. The van der Waals surface area contributed by atoms with Crippen LogP contribution in [0.5, 0.6) is 0 Å². The van der Waals surface area contributed by atoms with E-state index in [0.29, 0.717) is 22.3 Å². The number of anilines is 2. The van der Waals surface area contributed by atoms with E-state index in [1.165, 1.54) is 19.3 Å². The molecule has 0 radical (unpaired) electrons. The van der Waals surface area contributed by atoms with Crippen LogP contribution in [0.2, 0.25) is 5.02 Å². The second kappa shape index (κ2) is 3.87. The Kier molecular flexibility index (Phi) is 2.35. The average Bonchev–Trinajstić information content (AvgIpc) is 3.06. The molecule has 1 saturated carbocycles. The van der Waals surface area contributed by atoms with E-state index in [1.807, 2.05) is 6.07 Å². The number of nitrogens with zero attached hydrogens (tertiary/aromatic N) is 1. The molecule has 1 aromatic carbocycles. The van der Waals surface area contributed by atoms with Gasteiger partial charge in [-0.2, -0.15) is 0 Å². The van der Waals surface area contributed by atoms with Crippen LogP contribution < -0.4 is 10.2 Å². The van der Waals surface area contributed by atoms with Gasteiger partial charge in [-0.1, -0.05) is 11.6 Å². The zero-order valence-corrected chi connectivity index (χ0v) is 11.2. The number of fused-ring (bicyclic) bond motifs is 3. The maximum absolute atomic E-state index is 11.5. The van der Waals surface area contributed by atoms with Gasteiger partial charge in [-0.3, -0.25) is 4.79 Å². The highest BCUT2D eigenvalue weighted by Crippen LogP contribution is 2.45. The third kappa shape index (κ3) is 1.60. The summed E-state index contributed by atoms with van der Waals surface area (Å²) in [6.07, 6.45) is 2.71. The molecule has 1 aromatic rings. The molecular formula is C14H15ClN2O2. The molecule has 100 valence electrons. The summed E-state index contributed by atoms with van der Waals surface area (Å²) in [7, 11) is 0. The van der Waals surface area contributed by atoms with Crippen molar-refractivity contribution in [1.82, 2.24) is 0 Å². The second-order valence-corrected chi connectivity index (χ2v) is 6.18. The van der Waals surface area contributed by atoms with Gasteiger partial charge in [0.05, 0.1) is 10.7 Å². The number of carbonyl (C=O) groups is 1. The summed E-state index contributed by atoms with van der Waals surface area (Å²) in [6.45, 7) is 1.06. The number of rotatable bonds is 1. The maximum Gasteiger partial charge on any atom is 0.257 e. The van der Waals surface area contributed by atoms with Crippen molar-refractivity contribution in [3.05, 3.63) is 22.7 Å². The number of halogens is 1. The molecule has 1 aliphatic carbocycles. The molecule has 2 aliphatic heterocycles. The zero-order valence-electron chi connectivity index (χ0n) is 10.4. The fourth-order valence-electron chi connectivity index (χ4n) is 3.69. The van der Waals surface area contributed by atoms with Crippen LogP contribution >= 0.6 is 11.6 Å². The fourth-order valence-corrected chi connectivity index (χ4v) is 3.97. The highest BCUT2D eigenvalue weighted by molar-refractivity contribution is 6.33. The number of piperidine rings is 1. The number of amides is 1. The van der Waals surface area contributed by atoms with E-state index in [1.54, 1.807) is 6.07 Å². The van der Waals surface area contributed by atoms with Crippen molar-refractivity contribution >= 4 is 28.9 Å². The predicted molar refractivity (Wildman–Crippen MR) is 73.5 cm³/mol. The Morgan fingerprint density at radius 1 is 1.37 bits per heavy atom. The lowest BCUT2D eigenvalue weighted by atomic mass is 10.1. The molecule has 0 aromatic heterocycles. The summed E-state index contributed by atoms with van der Waals surface area (Å²) in [6, 6.07) is 4.22. The molecule has 4 nitrogen and oxygen atoms in total. The monoisotopic (exact) mass is 278 g/mol. The minimum absolute atomic E-state index is 0.369. The van der Waals surface area contributed by atoms with E-state index in [-0.39, 0.29) is 5.91 Å². The first-order valence-corrected chi connectivity index (χ1v) is 7.10. The Balaban J connectivity index is 1.75. The van der Waals surface area contributed by atoms with Crippen LogP contribution in [-0.2, 0) is 4.79 Å². The number of benzene rings is 1. The van der Waals surface area contributed by atoms with Crippen molar-refractivity contribution in [2.75, 3.05) is 16.8 Å². The first kappa shape index (κ1) is 11.6. The van der Waals surface area contributed by atoms with Gasteiger partial charge in [0, 0.05) is 23.8 Å². The van der Waals surface area contributed by atoms with Crippen molar-refractivity contribution in [1.29, 1.82) is 0 Å². The van der Waals surface area contributed by atoms with Gasteiger partial charge in [-0.05, 0) is 37.3 Å². The maximum atomic E-state index is 11.5. The summed E-state index contributed by atoms with van der Waals surface area (Å²) < 4.78 is 0. The molecule has 3 unspecified atom stereocenters. The lowest BCUT2D eigenvalue weighted by molar-refractivity contribution is -0.123. The van der Waals surface area contributed by atoms with Gasteiger partial charge in [0.1, 0.15) is 0 Å². The Hall–Kier alpha value is -1.26.